The van der Waals surface area contributed by atoms with E-state index in [1.165, 1.54) is 11.8 Å². The van der Waals surface area contributed by atoms with Crippen LogP contribution in [0.1, 0.15) is 59.8 Å². The molecule has 0 rings (SSSR count). The normalized spacial score (nSPS) is 15.3. The van der Waals surface area contributed by atoms with Crippen molar-refractivity contribution in [2.45, 2.75) is 71.4 Å². The van der Waals surface area contributed by atoms with Crippen LogP contribution in [-0.2, 0) is 4.74 Å². The van der Waals surface area contributed by atoms with Crippen molar-refractivity contribution in [3.63, 3.8) is 0 Å². The highest BCUT2D eigenvalue weighted by molar-refractivity contribution is 5.59. The molecule has 3 heteroatoms. The number of nitrogens with zero attached hydrogens (tertiary/aromatic N) is 1. The zero-order valence-electron chi connectivity index (χ0n) is 15.2. The monoisotopic (exact) mass is 308 g/mol. The fraction of sp³-hybridized carbons (Fsp3) is 0.737. The maximum Gasteiger partial charge on any atom is 0.0691 e. The minimum atomic E-state index is -0.138. The van der Waals surface area contributed by atoms with E-state index in [9.17, 15) is 0 Å². The fourth-order valence-corrected chi connectivity index (χ4v) is 2.93. The number of ether oxygens (including phenoxy) is 1. The summed E-state index contributed by atoms with van der Waals surface area (Å²) < 4.78 is 6.02. The third-order valence-electron chi connectivity index (χ3n) is 4.03. The molecule has 2 unspecified atom stereocenters. The van der Waals surface area contributed by atoms with Gasteiger partial charge in [0.25, 0.3) is 0 Å². The van der Waals surface area contributed by atoms with Crippen LogP contribution in [0.3, 0.4) is 0 Å². The van der Waals surface area contributed by atoms with Gasteiger partial charge in [0.05, 0.1) is 5.60 Å². The molecule has 0 aliphatic heterocycles. The summed E-state index contributed by atoms with van der Waals surface area (Å²) in [6, 6.07) is 0.217. The lowest BCUT2D eigenvalue weighted by molar-refractivity contribution is -0.0335. The van der Waals surface area contributed by atoms with Crippen molar-refractivity contribution in [2.75, 3.05) is 19.7 Å². The van der Waals surface area contributed by atoms with Crippen molar-refractivity contribution in [3.05, 3.63) is 24.8 Å². The highest BCUT2D eigenvalue weighted by atomic mass is 16.5. The summed E-state index contributed by atoms with van der Waals surface area (Å²) in [5.74, 6) is 0. The van der Waals surface area contributed by atoms with Gasteiger partial charge in [-0.15, -0.1) is 6.58 Å². The van der Waals surface area contributed by atoms with Gasteiger partial charge in [-0.05, 0) is 66.0 Å². The number of nitrogens with one attached hydrogen (secondary N) is 1. The van der Waals surface area contributed by atoms with Crippen LogP contribution in [-0.4, -0.2) is 42.5 Å². The summed E-state index contributed by atoms with van der Waals surface area (Å²) in [5, 5.41) is 7.47. The van der Waals surface area contributed by atoms with Gasteiger partial charge in [-0.1, -0.05) is 25.2 Å². The smallest absolute Gasteiger partial charge is 0.0691 e. The molecule has 3 nitrogen and oxygen atoms in total. The summed E-state index contributed by atoms with van der Waals surface area (Å²) in [7, 11) is 0. The van der Waals surface area contributed by atoms with Gasteiger partial charge in [-0.2, -0.15) is 0 Å². The van der Waals surface area contributed by atoms with Crippen molar-refractivity contribution in [1.29, 1.82) is 5.41 Å². The van der Waals surface area contributed by atoms with Gasteiger partial charge in [0.2, 0.25) is 0 Å². The van der Waals surface area contributed by atoms with Gasteiger partial charge in [-0.25, -0.2) is 0 Å². The second-order valence-electron chi connectivity index (χ2n) is 6.35. The molecule has 0 spiro atoms. The molecular formula is C19H36N2O. The lowest BCUT2D eigenvalue weighted by atomic mass is 9.90. The molecule has 0 amide bonds. The molecule has 2 atom stereocenters. The molecule has 0 aromatic rings. The van der Waals surface area contributed by atoms with Crippen LogP contribution >= 0.6 is 0 Å². The maximum atomic E-state index is 7.47. The summed E-state index contributed by atoms with van der Waals surface area (Å²) in [4.78, 5) is 2.37. The van der Waals surface area contributed by atoms with Crippen LogP contribution in [0, 0.1) is 5.41 Å². The number of hydrogen-bond acceptors (Lipinski definition) is 3. The van der Waals surface area contributed by atoms with E-state index < -0.39 is 0 Å². The van der Waals surface area contributed by atoms with E-state index in [0.29, 0.717) is 0 Å². The first kappa shape index (κ1) is 21.1. The Balaban J connectivity index is 4.51. The van der Waals surface area contributed by atoms with Gasteiger partial charge in [0.15, 0.2) is 0 Å². The summed E-state index contributed by atoms with van der Waals surface area (Å²) in [6.45, 7) is 19.2. The first-order chi connectivity index (χ1) is 10.4. The Bertz CT molecular complexity index is 340. The van der Waals surface area contributed by atoms with Crippen molar-refractivity contribution in [2.24, 2.45) is 0 Å². The summed E-state index contributed by atoms with van der Waals surface area (Å²) in [5.41, 5.74) is 1.05. The van der Waals surface area contributed by atoms with Crippen LogP contribution < -0.4 is 0 Å². The van der Waals surface area contributed by atoms with Crippen LogP contribution in [0.5, 0.6) is 0 Å². The minimum absolute atomic E-state index is 0.138. The Morgan fingerprint density at radius 3 is 2.55 bits per heavy atom. The summed E-state index contributed by atoms with van der Waals surface area (Å²) in [6.07, 6.45) is 8.40. The minimum Gasteiger partial charge on any atom is -0.375 e. The van der Waals surface area contributed by atoms with Crippen molar-refractivity contribution >= 4 is 6.21 Å². The molecule has 22 heavy (non-hydrogen) atoms. The summed E-state index contributed by atoms with van der Waals surface area (Å²) >= 11 is 0. The second kappa shape index (κ2) is 11.6. The average Bonchev–Trinajstić information content (AvgIpc) is 2.45. The number of allylic oxidation sites excluding steroid dienone is 1. The SMILES string of the molecule is C=CCC(=C)CC(C)(CCCN(CCC)C(C)C=N)OCC. The van der Waals surface area contributed by atoms with E-state index in [1.807, 2.05) is 6.08 Å². The van der Waals surface area contributed by atoms with Crippen LogP contribution in [0.15, 0.2) is 24.8 Å². The molecule has 0 aliphatic rings. The van der Waals surface area contributed by atoms with Gasteiger partial charge >= 0.3 is 0 Å². The third-order valence-corrected chi connectivity index (χ3v) is 4.03. The lowest BCUT2D eigenvalue weighted by Gasteiger charge is -2.32. The number of rotatable bonds is 14. The molecule has 0 saturated carbocycles. The van der Waals surface area contributed by atoms with E-state index in [4.69, 9.17) is 10.1 Å². The van der Waals surface area contributed by atoms with Gasteiger partial charge in [0.1, 0.15) is 0 Å². The van der Waals surface area contributed by atoms with Crippen LogP contribution in [0.2, 0.25) is 0 Å². The van der Waals surface area contributed by atoms with Gasteiger partial charge in [0, 0.05) is 18.9 Å². The predicted molar refractivity (Wildman–Crippen MR) is 97.9 cm³/mol. The zero-order chi connectivity index (χ0) is 17.0. The van der Waals surface area contributed by atoms with Crippen molar-refractivity contribution in [1.82, 2.24) is 4.90 Å². The largest absolute Gasteiger partial charge is 0.375 e. The Kier molecular flexibility index (Phi) is 11.1. The highest BCUT2D eigenvalue weighted by Crippen LogP contribution is 2.27. The standard InChI is InChI=1S/C19H36N2O/c1-7-11-17(4)15-19(6,22-9-3)12-10-14-21(13-8-2)18(5)16-20/h7,16,18,20H,1,4,8-15H2,2-3,5-6H3. The first-order valence-electron chi connectivity index (χ1n) is 8.58. The quantitative estimate of drug-likeness (QED) is 0.368. The van der Waals surface area contributed by atoms with E-state index in [-0.39, 0.29) is 11.6 Å². The molecule has 0 fully saturated rings. The van der Waals surface area contributed by atoms with E-state index in [0.717, 1.165) is 51.8 Å². The molecule has 0 aromatic carbocycles. The Labute approximate surface area is 137 Å². The third kappa shape index (κ3) is 8.50. The lowest BCUT2D eigenvalue weighted by Crippen LogP contribution is -2.37. The Hall–Kier alpha value is -0.930. The van der Waals surface area contributed by atoms with Crippen LogP contribution in [0.25, 0.3) is 0 Å². The molecule has 0 aliphatic carbocycles. The Morgan fingerprint density at radius 2 is 2.05 bits per heavy atom. The average molecular weight is 309 g/mol. The van der Waals surface area contributed by atoms with E-state index in [2.05, 4.69) is 45.8 Å². The molecular weight excluding hydrogens is 272 g/mol. The second-order valence-corrected chi connectivity index (χ2v) is 6.35. The topological polar surface area (TPSA) is 36.3 Å². The van der Waals surface area contributed by atoms with Crippen molar-refractivity contribution in [3.8, 4) is 0 Å². The molecule has 0 saturated heterocycles. The zero-order valence-corrected chi connectivity index (χ0v) is 15.2. The number of hydrogen-bond donors (Lipinski definition) is 1. The maximum absolute atomic E-state index is 7.47. The molecule has 0 radical (unpaired) electrons. The molecule has 1 N–H and O–H groups in total. The highest BCUT2D eigenvalue weighted by Gasteiger charge is 2.25. The first-order valence-corrected chi connectivity index (χ1v) is 8.58. The molecule has 0 aromatic heterocycles. The predicted octanol–water partition coefficient (Wildman–Crippen LogP) is 4.83. The Morgan fingerprint density at radius 1 is 1.36 bits per heavy atom. The molecule has 0 heterocycles. The van der Waals surface area contributed by atoms with Crippen LogP contribution in [0.4, 0.5) is 0 Å². The van der Waals surface area contributed by atoms with Gasteiger partial charge < -0.3 is 10.1 Å². The fourth-order valence-electron chi connectivity index (χ4n) is 2.93. The molecule has 128 valence electrons. The van der Waals surface area contributed by atoms with Crippen molar-refractivity contribution < 1.29 is 4.74 Å². The van der Waals surface area contributed by atoms with Gasteiger partial charge in [-0.3, -0.25) is 4.90 Å². The molecule has 0 bridgehead atoms. The van der Waals surface area contributed by atoms with E-state index >= 15 is 0 Å². The van der Waals surface area contributed by atoms with E-state index in [1.54, 1.807) is 0 Å².